The third-order valence-corrected chi connectivity index (χ3v) is 4.20. The van der Waals surface area contributed by atoms with Crippen molar-refractivity contribution in [2.24, 2.45) is 5.92 Å². The molecule has 0 bridgehead atoms. The second-order valence-electron chi connectivity index (χ2n) is 6.89. The molecular formula is C20H28ClN3O5. The first-order chi connectivity index (χ1) is 13.7. The van der Waals surface area contributed by atoms with Crippen molar-refractivity contribution in [1.82, 2.24) is 16.0 Å². The lowest BCUT2D eigenvalue weighted by molar-refractivity contribution is -0.145. The van der Waals surface area contributed by atoms with Crippen LogP contribution in [0.3, 0.4) is 0 Å². The van der Waals surface area contributed by atoms with E-state index in [-0.39, 0.29) is 49.6 Å². The van der Waals surface area contributed by atoms with Gasteiger partial charge < -0.3 is 20.7 Å². The van der Waals surface area contributed by atoms with Gasteiger partial charge in [0.1, 0.15) is 6.04 Å². The summed E-state index contributed by atoms with van der Waals surface area (Å²) in [6.45, 7) is 4.17. The molecule has 0 fully saturated rings. The van der Waals surface area contributed by atoms with Crippen LogP contribution in [-0.4, -0.2) is 49.9 Å². The van der Waals surface area contributed by atoms with Crippen molar-refractivity contribution in [1.29, 1.82) is 0 Å². The zero-order valence-corrected chi connectivity index (χ0v) is 17.7. The Kier molecular flexibility index (Phi) is 10.8. The van der Waals surface area contributed by atoms with Crippen molar-refractivity contribution in [3.05, 3.63) is 34.9 Å². The van der Waals surface area contributed by atoms with Crippen molar-refractivity contribution in [2.45, 2.75) is 39.2 Å². The standard InChI is InChI=1S/C20H28ClN3O5/c1-13(2)12-16(20(28)29-3)24-18(26)9-10-22-17(25)8-11-23-19(27)14-4-6-15(21)7-5-14/h4-7,13,16H,8-12H2,1-3H3,(H,22,25)(H,23,27)(H,24,26)/t16-/m0/s1. The summed E-state index contributed by atoms with van der Waals surface area (Å²) in [7, 11) is 1.27. The molecule has 3 amide bonds. The van der Waals surface area contributed by atoms with E-state index >= 15 is 0 Å². The van der Waals surface area contributed by atoms with Gasteiger partial charge in [-0.15, -0.1) is 0 Å². The largest absolute Gasteiger partial charge is 0.467 e. The van der Waals surface area contributed by atoms with Gasteiger partial charge in [0.15, 0.2) is 0 Å². The predicted octanol–water partition coefficient (Wildman–Crippen LogP) is 1.67. The number of rotatable bonds is 11. The van der Waals surface area contributed by atoms with E-state index in [1.807, 2.05) is 13.8 Å². The van der Waals surface area contributed by atoms with Crippen molar-refractivity contribution < 1.29 is 23.9 Å². The molecule has 0 aliphatic carbocycles. The summed E-state index contributed by atoms with van der Waals surface area (Å²) < 4.78 is 4.69. The Balaban J connectivity index is 2.26. The molecule has 1 aromatic carbocycles. The minimum absolute atomic E-state index is 0.0362. The third kappa shape index (κ3) is 9.94. The molecule has 0 aliphatic rings. The van der Waals surface area contributed by atoms with Crippen LogP contribution in [0, 0.1) is 5.92 Å². The molecule has 1 atom stereocenters. The molecule has 0 saturated heterocycles. The molecule has 9 heteroatoms. The number of amides is 3. The van der Waals surface area contributed by atoms with Gasteiger partial charge >= 0.3 is 5.97 Å². The fraction of sp³-hybridized carbons (Fsp3) is 0.500. The van der Waals surface area contributed by atoms with Crippen LogP contribution < -0.4 is 16.0 Å². The van der Waals surface area contributed by atoms with Crippen molar-refractivity contribution in [3.8, 4) is 0 Å². The monoisotopic (exact) mass is 425 g/mol. The molecular weight excluding hydrogens is 398 g/mol. The van der Waals surface area contributed by atoms with Gasteiger partial charge in [0.2, 0.25) is 11.8 Å². The Morgan fingerprint density at radius 3 is 2.14 bits per heavy atom. The van der Waals surface area contributed by atoms with Gasteiger partial charge in [-0.3, -0.25) is 14.4 Å². The molecule has 0 heterocycles. The van der Waals surface area contributed by atoms with Gasteiger partial charge in [0.25, 0.3) is 5.91 Å². The van der Waals surface area contributed by atoms with Crippen LogP contribution >= 0.6 is 11.6 Å². The van der Waals surface area contributed by atoms with Crippen LogP contribution in [0.15, 0.2) is 24.3 Å². The Hall–Kier alpha value is -2.61. The summed E-state index contributed by atoms with van der Waals surface area (Å²) in [5, 5.41) is 8.40. The van der Waals surface area contributed by atoms with Gasteiger partial charge in [0, 0.05) is 36.5 Å². The molecule has 8 nitrogen and oxygen atoms in total. The first-order valence-electron chi connectivity index (χ1n) is 9.40. The maximum Gasteiger partial charge on any atom is 0.328 e. The highest BCUT2D eigenvalue weighted by Crippen LogP contribution is 2.09. The van der Waals surface area contributed by atoms with E-state index in [0.29, 0.717) is 17.0 Å². The summed E-state index contributed by atoms with van der Waals surface area (Å²) in [6.07, 6.45) is 0.589. The molecule has 0 saturated carbocycles. The van der Waals surface area contributed by atoms with Crippen LogP contribution in [0.5, 0.6) is 0 Å². The summed E-state index contributed by atoms with van der Waals surface area (Å²) in [6, 6.07) is 5.71. The normalized spacial score (nSPS) is 11.5. The highest BCUT2D eigenvalue weighted by Gasteiger charge is 2.22. The van der Waals surface area contributed by atoms with Crippen molar-refractivity contribution in [3.63, 3.8) is 0 Å². The van der Waals surface area contributed by atoms with Crippen LogP contribution in [0.25, 0.3) is 0 Å². The van der Waals surface area contributed by atoms with E-state index in [0.717, 1.165) is 0 Å². The van der Waals surface area contributed by atoms with Crippen molar-refractivity contribution in [2.75, 3.05) is 20.2 Å². The molecule has 3 N–H and O–H groups in total. The number of nitrogens with one attached hydrogen (secondary N) is 3. The average molecular weight is 426 g/mol. The number of esters is 1. The zero-order chi connectivity index (χ0) is 21.8. The summed E-state index contributed by atoms with van der Waals surface area (Å²) >= 11 is 5.77. The highest BCUT2D eigenvalue weighted by atomic mass is 35.5. The van der Waals surface area contributed by atoms with E-state index in [1.165, 1.54) is 7.11 Å². The van der Waals surface area contributed by atoms with Gasteiger partial charge in [-0.25, -0.2) is 4.79 Å². The average Bonchev–Trinajstić information content (AvgIpc) is 2.66. The first-order valence-corrected chi connectivity index (χ1v) is 9.78. The Morgan fingerprint density at radius 2 is 1.55 bits per heavy atom. The fourth-order valence-corrected chi connectivity index (χ4v) is 2.62. The van der Waals surface area contributed by atoms with Crippen LogP contribution in [0.2, 0.25) is 5.02 Å². The second kappa shape index (κ2) is 12.8. The summed E-state index contributed by atoms with van der Waals surface area (Å²) in [5.74, 6) is -1.22. The molecule has 0 aromatic heterocycles. The number of halogens is 1. The molecule has 1 aromatic rings. The number of ether oxygens (including phenoxy) is 1. The van der Waals surface area contributed by atoms with Gasteiger partial charge in [-0.05, 0) is 36.6 Å². The number of carbonyl (C=O) groups is 4. The quantitative estimate of drug-likeness (QED) is 0.467. The van der Waals surface area contributed by atoms with Gasteiger partial charge in [-0.1, -0.05) is 25.4 Å². The second-order valence-corrected chi connectivity index (χ2v) is 7.32. The topological polar surface area (TPSA) is 114 Å². The molecule has 160 valence electrons. The van der Waals surface area contributed by atoms with Crippen LogP contribution in [0.4, 0.5) is 0 Å². The Labute approximate surface area is 175 Å². The third-order valence-electron chi connectivity index (χ3n) is 3.95. The number of hydrogen-bond donors (Lipinski definition) is 3. The Bertz CT molecular complexity index is 707. The Morgan fingerprint density at radius 1 is 0.966 bits per heavy atom. The number of carbonyl (C=O) groups excluding carboxylic acids is 4. The lowest BCUT2D eigenvalue weighted by atomic mass is 10.0. The maximum atomic E-state index is 12.0. The van der Waals surface area contributed by atoms with Crippen LogP contribution in [-0.2, 0) is 19.1 Å². The molecule has 1 rings (SSSR count). The van der Waals surface area contributed by atoms with E-state index in [4.69, 9.17) is 16.3 Å². The predicted molar refractivity (Wildman–Crippen MR) is 109 cm³/mol. The molecule has 0 radical (unpaired) electrons. The zero-order valence-electron chi connectivity index (χ0n) is 16.9. The smallest absolute Gasteiger partial charge is 0.328 e. The summed E-state index contributed by atoms with van der Waals surface area (Å²) in [5.41, 5.74) is 0.452. The van der Waals surface area contributed by atoms with E-state index < -0.39 is 12.0 Å². The van der Waals surface area contributed by atoms with Gasteiger partial charge in [0.05, 0.1) is 7.11 Å². The first kappa shape index (κ1) is 24.4. The number of methoxy groups -OCH3 is 1. The maximum absolute atomic E-state index is 12.0. The molecule has 0 aliphatic heterocycles. The van der Waals surface area contributed by atoms with Crippen molar-refractivity contribution >= 4 is 35.3 Å². The number of hydrogen-bond acceptors (Lipinski definition) is 5. The van der Waals surface area contributed by atoms with Crippen LogP contribution in [0.1, 0.15) is 43.5 Å². The number of benzene rings is 1. The van der Waals surface area contributed by atoms with E-state index in [2.05, 4.69) is 16.0 Å². The SMILES string of the molecule is COC(=O)[C@H](CC(C)C)NC(=O)CCNC(=O)CCNC(=O)c1ccc(Cl)cc1. The molecule has 0 spiro atoms. The van der Waals surface area contributed by atoms with Gasteiger partial charge in [-0.2, -0.15) is 0 Å². The van der Waals surface area contributed by atoms with E-state index in [9.17, 15) is 19.2 Å². The molecule has 0 unspecified atom stereocenters. The minimum Gasteiger partial charge on any atom is -0.467 e. The molecule has 29 heavy (non-hydrogen) atoms. The fourth-order valence-electron chi connectivity index (χ4n) is 2.49. The minimum atomic E-state index is -0.703. The lowest BCUT2D eigenvalue weighted by Crippen LogP contribution is -2.43. The highest BCUT2D eigenvalue weighted by molar-refractivity contribution is 6.30. The van der Waals surface area contributed by atoms with E-state index in [1.54, 1.807) is 24.3 Å². The summed E-state index contributed by atoms with van der Waals surface area (Å²) in [4.78, 5) is 47.4. The lowest BCUT2D eigenvalue weighted by Gasteiger charge is -2.18.